The number of rotatable bonds is 2. The van der Waals surface area contributed by atoms with Gasteiger partial charge >= 0.3 is 0 Å². The Bertz CT molecular complexity index is 347. The van der Waals surface area contributed by atoms with Gasteiger partial charge in [-0.15, -0.1) is 0 Å². The average molecular weight is 188 g/mol. The Morgan fingerprint density at radius 2 is 2.14 bits per heavy atom. The van der Waals surface area contributed by atoms with Crippen LogP contribution in [0.5, 0.6) is 0 Å². The zero-order valence-corrected chi connectivity index (χ0v) is 8.39. The largest absolute Gasteiger partial charge is 0.332 e. The van der Waals surface area contributed by atoms with Crippen molar-refractivity contribution in [3.8, 4) is 0 Å². The van der Waals surface area contributed by atoms with E-state index in [9.17, 15) is 0 Å². The monoisotopic (exact) mass is 188 g/mol. The highest BCUT2D eigenvalue weighted by atomic mass is 15.1. The van der Waals surface area contributed by atoms with Crippen LogP contribution < -0.4 is 0 Å². The van der Waals surface area contributed by atoms with Crippen molar-refractivity contribution in [2.75, 3.05) is 0 Å². The van der Waals surface area contributed by atoms with Gasteiger partial charge in [0, 0.05) is 24.4 Å². The standard InChI is InChI=1S/C12H16N2/c1-2-4-10(5-3-1)12-13-8-9-14(12)11-6-7-11/h1-2,8-11H,3-7H2. The molecule has 0 radical (unpaired) electrons. The van der Waals surface area contributed by atoms with Gasteiger partial charge < -0.3 is 4.57 Å². The summed E-state index contributed by atoms with van der Waals surface area (Å²) >= 11 is 0. The van der Waals surface area contributed by atoms with Crippen molar-refractivity contribution in [2.45, 2.75) is 44.1 Å². The van der Waals surface area contributed by atoms with Gasteiger partial charge in [0.25, 0.3) is 0 Å². The summed E-state index contributed by atoms with van der Waals surface area (Å²) in [6, 6.07) is 0.776. The lowest BCUT2D eigenvalue weighted by atomic mass is 9.93. The predicted octanol–water partition coefficient (Wildman–Crippen LogP) is 3.04. The normalized spacial score (nSPS) is 26.7. The summed E-state index contributed by atoms with van der Waals surface area (Å²) in [5.74, 6) is 2.01. The summed E-state index contributed by atoms with van der Waals surface area (Å²) in [5, 5.41) is 0. The van der Waals surface area contributed by atoms with Crippen LogP contribution >= 0.6 is 0 Å². The molecule has 1 unspecified atom stereocenters. The van der Waals surface area contributed by atoms with E-state index < -0.39 is 0 Å². The highest BCUT2D eigenvalue weighted by molar-refractivity contribution is 5.09. The van der Waals surface area contributed by atoms with Crippen LogP contribution in [0, 0.1) is 0 Å². The van der Waals surface area contributed by atoms with Crippen LogP contribution in [0.3, 0.4) is 0 Å². The molecule has 3 rings (SSSR count). The molecule has 0 aliphatic heterocycles. The SMILES string of the molecule is C1=CCC(c2nccn2C2CC2)CC1. The van der Waals surface area contributed by atoms with Crippen LogP contribution in [0.15, 0.2) is 24.5 Å². The third-order valence-corrected chi connectivity index (χ3v) is 3.27. The fraction of sp³-hybridized carbons (Fsp3) is 0.583. The molecule has 74 valence electrons. The third kappa shape index (κ3) is 1.39. The molecule has 0 aromatic carbocycles. The van der Waals surface area contributed by atoms with Crippen LogP contribution in [0.4, 0.5) is 0 Å². The maximum atomic E-state index is 4.53. The fourth-order valence-corrected chi connectivity index (χ4v) is 2.33. The minimum atomic E-state index is 0.676. The molecule has 2 aliphatic rings. The first-order valence-electron chi connectivity index (χ1n) is 5.63. The Kier molecular flexibility index (Phi) is 1.93. The lowest BCUT2D eigenvalue weighted by Crippen LogP contribution is -2.09. The number of hydrogen-bond donors (Lipinski definition) is 0. The van der Waals surface area contributed by atoms with Crippen molar-refractivity contribution in [2.24, 2.45) is 0 Å². The summed E-state index contributed by atoms with van der Waals surface area (Å²) in [7, 11) is 0. The highest BCUT2D eigenvalue weighted by Crippen LogP contribution is 2.38. The summed E-state index contributed by atoms with van der Waals surface area (Å²) in [6.07, 6.45) is 15.1. The molecule has 1 saturated carbocycles. The molecular weight excluding hydrogens is 172 g/mol. The van der Waals surface area contributed by atoms with Gasteiger partial charge in [0.05, 0.1) is 0 Å². The van der Waals surface area contributed by atoms with Crippen LogP contribution in [0.25, 0.3) is 0 Å². The van der Waals surface area contributed by atoms with Gasteiger partial charge in [-0.1, -0.05) is 12.2 Å². The molecule has 0 N–H and O–H groups in total. The zero-order valence-electron chi connectivity index (χ0n) is 8.39. The quantitative estimate of drug-likeness (QED) is 0.652. The number of aromatic nitrogens is 2. The molecule has 1 heterocycles. The van der Waals surface area contributed by atoms with Gasteiger partial charge in [0.1, 0.15) is 5.82 Å². The third-order valence-electron chi connectivity index (χ3n) is 3.27. The number of imidazole rings is 1. The summed E-state index contributed by atoms with van der Waals surface area (Å²) < 4.78 is 2.41. The molecule has 14 heavy (non-hydrogen) atoms. The van der Waals surface area contributed by atoms with E-state index in [4.69, 9.17) is 0 Å². The maximum Gasteiger partial charge on any atom is 0.112 e. The number of hydrogen-bond acceptors (Lipinski definition) is 1. The van der Waals surface area contributed by atoms with Crippen molar-refractivity contribution < 1.29 is 0 Å². The van der Waals surface area contributed by atoms with E-state index in [1.807, 2.05) is 6.20 Å². The van der Waals surface area contributed by atoms with Crippen molar-refractivity contribution in [3.63, 3.8) is 0 Å². The molecule has 0 amide bonds. The van der Waals surface area contributed by atoms with Gasteiger partial charge in [-0.3, -0.25) is 0 Å². The van der Waals surface area contributed by atoms with Gasteiger partial charge in [0.15, 0.2) is 0 Å². The van der Waals surface area contributed by atoms with Gasteiger partial charge in [-0.25, -0.2) is 4.98 Å². The Labute approximate surface area is 84.7 Å². The topological polar surface area (TPSA) is 17.8 Å². The molecular formula is C12H16N2. The smallest absolute Gasteiger partial charge is 0.112 e. The van der Waals surface area contributed by atoms with E-state index in [2.05, 4.69) is 27.9 Å². The van der Waals surface area contributed by atoms with E-state index in [1.54, 1.807) is 0 Å². The summed E-state index contributed by atoms with van der Waals surface area (Å²) in [6.45, 7) is 0. The molecule has 0 spiro atoms. The highest BCUT2D eigenvalue weighted by Gasteiger charge is 2.28. The second-order valence-electron chi connectivity index (χ2n) is 4.41. The van der Waals surface area contributed by atoms with Crippen molar-refractivity contribution in [1.82, 2.24) is 9.55 Å². The van der Waals surface area contributed by atoms with Crippen LogP contribution in [-0.2, 0) is 0 Å². The lowest BCUT2D eigenvalue weighted by molar-refractivity contribution is 0.540. The van der Waals surface area contributed by atoms with Crippen LogP contribution in [0.2, 0.25) is 0 Å². The predicted molar refractivity (Wildman–Crippen MR) is 56.2 cm³/mol. The number of nitrogens with zero attached hydrogens (tertiary/aromatic N) is 2. The van der Waals surface area contributed by atoms with Crippen molar-refractivity contribution in [1.29, 1.82) is 0 Å². The summed E-state index contributed by atoms with van der Waals surface area (Å²) in [4.78, 5) is 4.53. The Morgan fingerprint density at radius 3 is 2.86 bits per heavy atom. The minimum absolute atomic E-state index is 0.676. The molecule has 1 aromatic heterocycles. The van der Waals surface area contributed by atoms with Crippen molar-refractivity contribution in [3.05, 3.63) is 30.4 Å². The molecule has 1 fully saturated rings. The molecule has 1 aromatic rings. The van der Waals surface area contributed by atoms with E-state index in [0.29, 0.717) is 5.92 Å². The van der Waals surface area contributed by atoms with E-state index >= 15 is 0 Å². The van der Waals surface area contributed by atoms with E-state index in [-0.39, 0.29) is 0 Å². The Hall–Kier alpha value is -1.05. The van der Waals surface area contributed by atoms with Gasteiger partial charge in [-0.2, -0.15) is 0 Å². The van der Waals surface area contributed by atoms with Gasteiger partial charge in [-0.05, 0) is 32.1 Å². The minimum Gasteiger partial charge on any atom is -0.332 e. The zero-order chi connectivity index (χ0) is 9.38. The first-order valence-corrected chi connectivity index (χ1v) is 5.63. The second kappa shape index (κ2) is 3.26. The first-order chi connectivity index (χ1) is 6.95. The molecule has 2 heteroatoms. The number of allylic oxidation sites excluding steroid dienone is 2. The second-order valence-corrected chi connectivity index (χ2v) is 4.41. The lowest BCUT2D eigenvalue weighted by Gasteiger charge is -2.18. The van der Waals surface area contributed by atoms with Gasteiger partial charge in [0.2, 0.25) is 0 Å². The molecule has 2 aliphatic carbocycles. The fourth-order valence-electron chi connectivity index (χ4n) is 2.33. The molecule has 0 bridgehead atoms. The Morgan fingerprint density at radius 1 is 1.21 bits per heavy atom. The molecule has 2 nitrogen and oxygen atoms in total. The van der Waals surface area contributed by atoms with E-state index in [0.717, 1.165) is 6.04 Å². The van der Waals surface area contributed by atoms with Crippen LogP contribution in [-0.4, -0.2) is 9.55 Å². The van der Waals surface area contributed by atoms with Crippen molar-refractivity contribution >= 4 is 0 Å². The molecule has 0 saturated heterocycles. The first kappa shape index (κ1) is 8.27. The average Bonchev–Trinajstić information content (AvgIpc) is 2.98. The summed E-state index contributed by atoms with van der Waals surface area (Å²) in [5.41, 5.74) is 0. The Balaban J connectivity index is 1.86. The van der Waals surface area contributed by atoms with E-state index in [1.165, 1.54) is 37.9 Å². The molecule has 1 atom stereocenters. The van der Waals surface area contributed by atoms with Crippen LogP contribution in [0.1, 0.15) is 49.9 Å². The maximum absolute atomic E-state index is 4.53.